The molecule has 0 bridgehead atoms. The standard InChI is InChI=1S/C10H13N7O/c18-10(14-7-4-12-13-5-7)11-6-9-16-15-8-2-1-3-17(8)9/h4-5H,1-3,6H2,(H,12,13)(H2,11,14,18). The van der Waals surface area contributed by atoms with Crippen LogP contribution >= 0.6 is 0 Å². The molecule has 3 N–H and O–H groups in total. The van der Waals surface area contributed by atoms with E-state index in [2.05, 4.69) is 35.6 Å². The summed E-state index contributed by atoms with van der Waals surface area (Å²) in [6.07, 6.45) is 5.20. The Morgan fingerprint density at radius 2 is 2.44 bits per heavy atom. The molecule has 0 atom stereocenters. The van der Waals surface area contributed by atoms with Gasteiger partial charge in [-0.05, 0) is 6.42 Å². The molecule has 0 fully saturated rings. The molecule has 0 saturated carbocycles. The molecule has 8 nitrogen and oxygen atoms in total. The van der Waals surface area contributed by atoms with Gasteiger partial charge in [0.15, 0.2) is 5.82 Å². The van der Waals surface area contributed by atoms with Crippen LogP contribution in [0, 0.1) is 0 Å². The summed E-state index contributed by atoms with van der Waals surface area (Å²) in [4.78, 5) is 11.6. The van der Waals surface area contributed by atoms with Crippen molar-refractivity contribution in [2.45, 2.75) is 25.9 Å². The fourth-order valence-corrected chi connectivity index (χ4v) is 2.00. The molecule has 1 aliphatic heterocycles. The lowest BCUT2D eigenvalue weighted by atomic mass is 10.4. The minimum Gasteiger partial charge on any atom is -0.331 e. The third-order valence-electron chi connectivity index (χ3n) is 2.85. The zero-order valence-electron chi connectivity index (χ0n) is 9.68. The molecular weight excluding hydrogens is 234 g/mol. The molecule has 94 valence electrons. The predicted molar refractivity (Wildman–Crippen MR) is 62.8 cm³/mol. The van der Waals surface area contributed by atoms with E-state index < -0.39 is 0 Å². The van der Waals surface area contributed by atoms with Crippen molar-refractivity contribution in [3.63, 3.8) is 0 Å². The van der Waals surface area contributed by atoms with Gasteiger partial charge in [0.05, 0.1) is 18.4 Å². The molecule has 0 saturated heterocycles. The van der Waals surface area contributed by atoms with Crippen molar-refractivity contribution in [3.8, 4) is 0 Å². The Labute approximate surface area is 103 Å². The number of hydrogen-bond donors (Lipinski definition) is 3. The van der Waals surface area contributed by atoms with Crippen LogP contribution in [0.1, 0.15) is 18.1 Å². The highest BCUT2D eigenvalue weighted by molar-refractivity contribution is 5.88. The summed E-state index contributed by atoms with van der Waals surface area (Å²) >= 11 is 0. The summed E-state index contributed by atoms with van der Waals surface area (Å²) in [6.45, 7) is 1.30. The molecule has 0 spiro atoms. The van der Waals surface area contributed by atoms with E-state index in [-0.39, 0.29) is 6.03 Å². The molecule has 2 amide bonds. The van der Waals surface area contributed by atoms with Gasteiger partial charge in [-0.1, -0.05) is 0 Å². The van der Waals surface area contributed by atoms with E-state index in [1.165, 1.54) is 6.20 Å². The van der Waals surface area contributed by atoms with Crippen LogP contribution in [0.2, 0.25) is 0 Å². The van der Waals surface area contributed by atoms with Crippen LogP contribution in [0.5, 0.6) is 0 Å². The van der Waals surface area contributed by atoms with Crippen molar-refractivity contribution in [2.75, 3.05) is 5.32 Å². The average molecular weight is 247 g/mol. The molecule has 0 radical (unpaired) electrons. The fraction of sp³-hybridized carbons (Fsp3) is 0.400. The summed E-state index contributed by atoms with van der Waals surface area (Å²) < 4.78 is 2.05. The molecule has 2 aromatic heterocycles. The lowest BCUT2D eigenvalue weighted by Gasteiger charge is -2.06. The highest BCUT2D eigenvalue weighted by Crippen LogP contribution is 2.13. The molecule has 8 heteroatoms. The molecule has 3 rings (SSSR count). The Hall–Kier alpha value is -2.38. The highest BCUT2D eigenvalue weighted by atomic mass is 16.2. The topological polar surface area (TPSA) is 101 Å². The van der Waals surface area contributed by atoms with Crippen molar-refractivity contribution >= 4 is 11.7 Å². The maximum atomic E-state index is 11.6. The van der Waals surface area contributed by atoms with Crippen molar-refractivity contribution in [1.29, 1.82) is 0 Å². The van der Waals surface area contributed by atoms with Crippen LogP contribution in [0.25, 0.3) is 0 Å². The highest BCUT2D eigenvalue weighted by Gasteiger charge is 2.17. The first-order valence-electron chi connectivity index (χ1n) is 5.77. The third kappa shape index (κ3) is 2.04. The second kappa shape index (κ2) is 4.47. The van der Waals surface area contributed by atoms with E-state index in [9.17, 15) is 4.79 Å². The lowest BCUT2D eigenvalue weighted by Crippen LogP contribution is -2.29. The maximum absolute atomic E-state index is 11.6. The van der Waals surface area contributed by atoms with E-state index in [1.54, 1.807) is 6.20 Å². The van der Waals surface area contributed by atoms with Crippen LogP contribution in [0.3, 0.4) is 0 Å². The molecule has 2 aromatic rings. The average Bonchev–Trinajstić information content (AvgIpc) is 3.03. The smallest absolute Gasteiger partial charge is 0.319 e. The van der Waals surface area contributed by atoms with E-state index in [1.807, 2.05) is 0 Å². The van der Waals surface area contributed by atoms with Gasteiger partial charge in [0.2, 0.25) is 0 Å². The summed E-state index contributed by atoms with van der Waals surface area (Å²) in [5.41, 5.74) is 0.624. The van der Waals surface area contributed by atoms with Gasteiger partial charge in [-0.25, -0.2) is 4.79 Å². The monoisotopic (exact) mass is 247 g/mol. The number of rotatable bonds is 3. The molecule has 3 heterocycles. The number of hydrogen-bond acceptors (Lipinski definition) is 4. The van der Waals surface area contributed by atoms with E-state index in [4.69, 9.17) is 0 Å². The number of aromatic amines is 1. The van der Waals surface area contributed by atoms with E-state index in [0.29, 0.717) is 12.2 Å². The van der Waals surface area contributed by atoms with Crippen molar-refractivity contribution in [2.24, 2.45) is 0 Å². The largest absolute Gasteiger partial charge is 0.331 e. The minimum absolute atomic E-state index is 0.285. The number of anilines is 1. The number of nitrogens with zero attached hydrogens (tertiary/aromatic N) is 4. The van der Waals surface area contributed by atoms with E-state index in [0.717, 1.165) is 31.0 Å². The Balaban J connectivity index is 1.56. The zero-order chi connectivity index (χ0) is 12.4. The molecule has 0 aliphatic carbocycles. The van der Waals surface area contributed by atoms with Crippen LogP contribution in [0.15, 0.2) is 12.4 Å². The van der Waals surface area contributed by atoms with Crippen LogP contribution < -0.4 is 10.6 Å². The van der Waals surface area contributed by atoms with Crippen LogP contribution in [-0.2, 0) is 19.5 Å². The predicted octanol–water partition coefficient (Wildman–Crippen LogP) is 0.269. The van der Waals surface area contributed by atoms with Gasteiger partial charge < -0.3 is 15.2 Å². The lowest BCUT2D eigenvalue weighted by molar-refractivity contribution is 0.251. The van der Waals surface area contributed by atoms with Crippen molar-refractivity contribution in [1.82, 2.24) is 30.3 Å². The SMILES string of the molecule is O=C(NCc1nnc2n1CCC2)Nc1cn[nH]c1. The summed E-state index contributed by atoms with van der Waals surface area (Å²) in [5.74, 6) is 1.80. The number of carbonyl (C=O) groups is 1. The first-order chi connectivity index (χ1) is 8.83. The number of aryl methyl sites for hydroxylation is 1. The third-order valence-corrected chi connectivity index (χ3v) is 2.85. The number of amides is 2. The van der Waals surface area contributed by atoms with Crippen LogP contribution in [-0.4, -0.2) is 31.0 Å². The second-order valence-electron chi connectivity index (χ2n) is 4.08. The molecule has 0 unspecified atom stereocenters. The first-order valence-corrected chi connectivity index (χ1v) is 5.77. The van der Waals surface area contributed by atoms with Gasteiger partial charge in [-0.2, -0.15) is 5.10 Å². The fourth-order valence-electron chi connectivity index (χ4n) is 2.00. The van der Waals surface area contributed by atoms with Gasteiger partial charge >= 0.3 is 6.03 Å². The van der Waals surface area contributed by atoms with Gasteiger partial charge in [0, 0.05) is 19.2 Å². The van der Waals surface area contributed by atoms with Crippen molar-refractivity contribution in [3.05, 3.63) is 24.0 Å². The van der Waals surface area contributed by atoms with E-state index >= 15 is 0 Å². The zero-order valence-corrected chi connectivity index (χ0v) is 9.68. The minimum atomic E-state index is -0.285. The number of H-pyrrole nitrogens is 1. The Kier molecular flexibility index (Phi) is 2.67. The summed E-state index contributed by atoms with van der Waals surface area (Å²) in [5, 5.41) is 19.9. The van der Waals surface area contributed by atoms with Gasteiger partial charge in [-0.15, -0.1) is 10.2 Å². The molecule has 0 aromatic carbocycles. The number of nitrogens with one attached hydrogen (secondary N) is 3. The second-order valence-corrected chi connectivity index (χ2v) is 4.08. The Morgan fingerprint density at radius 1 is 1.50 bits per heavy atom. The van der Waals surface area contributed by atoms with Gasteiger partial charge in [-0.3, -0.25) is 5.10 Å². The molecule has 1 aliphatic rings. The van der Waals surface area contributed by atoms with Gasteiger partial charge in [0.25, 0.3) is 0 Å². The van der Waals surface area contributed by atoms with Crippen LogP contribution in [0.4, 0.5) is 10.5 Å². The quantitative estimate of drug-likeness (QED) is 0.724. The summed E-state index contributed by atoms with van der Waals surface area (Å²) in [6, 6.07) is -0.285. The normalized spacial score (nSPS) is 13.3. The number of urea groups is 1. The number of fused-ring (bicyclic) bond motifs is 1. The summed E-state index contributed by atoms with van der Waals surface area (Å²) in [7, 11) is 0. The van der Waals surface area contributed by atoms with Crippen molar-refractivity contribution < 1.29 is 4.79 Å². The molecule has 18 heavy (non-hydrogen) atoms. The Bertz CT molecular complexity index is 545. The number of carbonyl (C=O) groups excluding carboxylic acids is 1. The van der Waals surface area contributed by atoms with Gasteiger partial charge in [0.1, 0.15) is 5.82 Å². The number of aromatic nitrogens is 5. The maximum Gasteiger partial charge on any atom is 0.319 e. The Morgan fingerprint density at radius 3 is 3.28 bits per heavy atom. The molecular formula is C10H13N7O. The first kappa shape index (κ1) is 10.8.